The quantitative estimate of drug-likeness (QED) is 0.0903. The molecule has 10 heteroatoms. The number of nitrogens with one attached hydrogen (secondary N) is 4. The van der Waals surface area contributed by atoms with Crippen LogP contribution in [0.15, 0.2) is 158 Å². The molecule has 0 saturated heterocycles. The van der Waals surface area contributed by atoms with Crippen molar-refractivity contribution < 1.29 is 29.4 Å². The molecule has 0 bridgehead atoms. The number of aromatic hydroxyl groups is 2. The Hall–Kier alpha value is -8.24. The number of fused-ring (bicyclic) bond motifs is 2. The number of hydrogen-bond acceptors (Lipinski definition) is 6. The van der Waals surface area contributed by atoms with Crippen molar-refractivity contribution in [1.82, 2.24) is 5.32 Å². The molecule has 0 aliphatic heterocycles. The number of para-hydroxylation sites is 2. The fourth-order valence-electron chi connectivity index (χ4n) is 7.48. The maximum absolute atomic E-state index is 13.8. The second-order valence-corrected chi connectivity index (χ2v) is 14.2. The number of hydrogen-bond donors (Lipinski definition) is 6. The van der Waals surface area contributed by atoms with E-state index >= 15 is 0 Å². The van der Waals surface area contributed by atoms with Crippen LogP contribution in [0.25, 0.3) is 38.4 Å². The first-order chi connectivity index (χ1) is 28.7. The van der Waals surface area contributed by atoms with Crippen LogP contribution in [-0.2, 0) is 0 Å². The molecule has 1 aliphatic rings. The van der Waals surface area contributed by atoms with Crippen LogP contribution in [-0.4, -0.2) is 33.8 Å². The SMILES string of the molecule is O=C(Nc1ccccc1)c1ccc2cc(O)c(C(=O)Nc3ccc4cccc5c4c3C=CC5NC(=O)c3ccc4cc(O)c(C(=O)Nc5ccccc5)cc4c3)cc2c1. The van der Waals surface area contributed by atoms with Gasteiger partial charge in [0.2, 0.25) is 0 Å². The van der Waals surface area contributed by atoms with E-state index in [9.17, 15) is 29.4 Å². The van der Waals surface area contributed by atoms with Crippen LogP contribution in [0, 0.1) is 0 Å². The molecule has 8 aromatic carbocycles. The molecular weight excluding hydrogens is 741 g/mol. The molecular formula is C49H34N4O6. The van der Waals surface area contributed by atoms with E-state index in [1.807, 2.05) is 60.7 Å². The molecule has 0 aromatic heterocycles. The van der Waals surface area contributed by atoms with Crippen molar-refractivity contribution in [3.63, 3.8) is 0 Å². The van der Waals surface area contributed by atoms with Gasteiger partial charge in [0.05, 0.1) is 17.2 Å². The molecule has 0 heterocycles. The van der Waals surface area contributed by atoms with Gasteiger partial charge in [-0.2, -0.15) is 0 Å². The normalized spacial score (nSPS) is 12.9. The first kappa shape index (κ1) is 36.4. The molecule has 1 aliphatic carbocycles. The third-order valence-corrected chi connectivity index (χ3v) is 10.4. The zero-order valence-electron chi connectivity index (χ0n) is 31.2. The van der Waals surface area contributed by atoms with Crippen molar-refractivity contribution in [2.45, 2.75) is 6.04 Å². The molecule has 8 aromatic rings. The van der Waals surface area contributed by atoms with E-state index < -0.39 is 17.9 Å². The molecule has 0 saturated carbocycles. The molecule has 10 nitrogen and oxygen atoms in total. The molecule has 9 rings (SSSR count). The Morgan fingerprint density at radius 3 is 1.61 bits per heavy atom. The van der Waals surface area contributed by atoms with Gasteiger partial charge in [-0.1, -0.05) is 84.9 Å². The molecule has 286 valence electrons. The number of carbonyl (C=O) groups is 4. The van der Waals surface area contributed by atoms with Crippen LogP contribution < -0.4 is 21.3 Å². The van der Waals surface area contributed by atoms with Gasteiger partial charge in [0.25, 0.3) is 23.6 Å². The molecule has 1 atom stereocenters. The topological polar surface area (TPSA) is 157 Å². The zero-order valence-corrected chi connectivity index (χ0v) is 31.2. The Morgan fingerprint density at radius 1 is 0.458 bits per heavy atom. The number of amides is 4. The monoisotopic (exact) mass is 774 g/mol. The van der Waals surface area contributed by atoms with Gasteiger partial charge in [-0.3, -0.25) is 19.2 Å². The Kier molecular flexibility index (Phi) is 9.26. The van der Waals surface area contributed by atoms with Crippen molar-refractivity contribution >= 4 is 79.1 Å². The van der Waals surface area contributed by atoms with Crippen LogP contribution in [0.1, 0.15) is 58.6 Å². The molecule has 6 N–H and O–H groups in total. The lowest BCUT2D eigenvalue weighted by Gasteiger charge is -2.24. The fourth-order valence-corrected chi connectivity index (χ4v) is 7.48. The minimum Gasteiger partial charge on any atom is -0.507 e. The summed E-state index contributed by atoms with van der Waals surface area (Å²) in [6.45, 7) is 0. The van der Waals surface area contributed by atoms with Gasteiger partial charge in [-0.05, 0) is 117 Å². The van der Waals surface area contributed by atoms with Crippen molar-refractivity contribution in [1.29, 1.82) is 0 Å². The molecule has 0 radical (unpaired) electrons. The van der Waals surface area contributed by atoms with Gasteiger partial charge < -0.3 is 31.5 Å². The lowest BCUT2D eigenvalue weighted by Crippen LogP contribution is -2.28. The summed E-state index contributed by atoms with van der Waals surface area (Å²) in [5.74, 6) is -2.04. The summed E-state index contributed by atoms with van der Waals surface area (Å²) in [6, 6.07) is 43.3. The summed E-state index contributed by atoms with van der Waals surface area (Å²) < 4.78 is 0. The third kappa shape index (κ3) is 7.18. The van der Waals surface area contributed by atoms with E-state index in [2.05, 4.69) is 21.3 Å². The minimum absolute atomic E-state index is 0.0400. The van der Waals surface area contributed by atoms with E-state index in [0.29, 0.717) is 49.7 Å². The molecule has 0 fully saturated rings. The molecule has 4 amide bonds. The highest BCUT2D eigenvalue weighted by atomic mass is 16.3. The maximum atomic E-state index is 13.8. The summed E-state index contributed by atoms with van der Waals surface area (Å²) in [4.78, 5) is 53.6. The van der Waals surface area contributed by atoms with Gasteiger partial charge in [-0.25, -0.2) is 0 Å². The van der Waals surface area contributed by atoms with Gasteiger partial charge in [0, 0.05) is 33.8 Å². The predicted octanol–water partition coefficient (Wildman–Crippen LogP) is 9.81. The van der Waals surface area contributed by atoms with Crippen molar-refractivity contribution in [2.24, 2.45) is 0 Å². The van der Waals surface area contributed by atoms with Gasteiger partial charge in [0.1, 0.15) is 11.5 Å². The summed E-state index contributed by atoms with van der Waals surface area (Å²) in [5.41, 5.74) is 4.20. The molecule has 59 heavy (non-hydrogen) atoms. The second-order valence-electron chi connectivity index (χ2n) is 14.2. The van der Waals surface area contributed by atoms with Crippen molar-refractivity contribution in [3.8, 4) is 11.5 Å². The smallest absolute Gasteiger partial charge is 0.259 e. The first-order valence-corrected chi connectivity index (χ1v) is 18.8. The van der Waals surface area contributed by atoms with Crippen LogP contribution in [0.4, 0.5) is 17.1 Å². The lowest BCUT2D eigenvalue weighted by molar-refractivity contribution is 0.0942. The van der Waals surface area contributed by atoms with E-state index in [1.165, 1.54) is 12.1 Å². The Labute approximate surface area is 337 Å². The first-order valence-electron chi connectivity index (χ1n) is 18.8. The van der Waals surface area contributed by atoms with Crippen LogP contribution in [0.3, 0.4) is 0 Å². The fraction of sp³-hybridized carbons (Fsp3) is 0.0204. The molecule has 0 spiro atoms. The summed E-state index contributed by atoms with van der Waals surface area (Å²) in [6.07, 6.45) is 3.71. The summed E-state index contributed by atoms with van der Waals surface area (Å²) in [7, 11) is 0. The highest BCUT2D eigenvalue weighted by Crippen LogP contribution is 2.38. The Morgan fingerprint density at radius 2 is 1.00 bits per heavy atom. The largest absolute Gasteiger partial charge is 0.507 e. The van der Waals surface area contributed by atoms with Crippen LogP contribution in [0.5, 0.6) is 11.5 Å². The zero-order chi connectivity index (χ0) is 40.6. The maximum Gasteiger partial charge on any atom is 0.259 e. The van der Waals surface area contributed by atoms with Crippen LogP contribution in [0.2, 0.25) is 0 Å². The summed E-state index contributed by atoms with van der Waals surface area (Å²) >= 11 is 0. The van der Waals surface area contributed by atoms with Crippen molar-refractivity contribution in [2.75, 3.05) is 16.0 Å². The van der Waals surface area contributed by atoms with Gasteiger partial charge >= 0.3 is 0 Å². The van der Waals surface area contributed by atoms with Crippen LogP contribution >= 0.6 is 0 Å². The average molecular weight is 775 g/mol. The number of carbonyl (C=O) groups excluding carboxylic acids is 4. The standard InChI is InChI=1S/C49H34N4O6/c54-43-26-30-15-17-32(23-34(30)24-39(43)48(58)51-36-11-5-2-6-12-36)47(57)52-42-21-19-38-41(20-18-28-8-7-13-37(42)45(28)38)53-49(59)40-25-33-22-31(16-14-29(33)27-44(40)55)46(56)50-35-9-3-1-4-10-35/h1-27,42,54-55H,(H,50,56)(H,51,58)(H,52,57)(H,53,59). The molecule has 1 unspecified atom stereocenters. The highest BCUT2D eigenvalue weighted by Gasteiger charge is 2.24. The number of benzene rings is 8. The van der Waals surface area contributed by atoms with E-state index in [-0.39, 0.29) is 34.4 Å². The number of rotatable bonds is 8. The predicted molar refractivity (Wildman–Crippen MR) is 231 cm³/mol. The number of phenols is 2. The minimum atomic E-state index is -0.536. The second kappa shape index (κ2) is 15.0. The Balaban J connectivity index is 0.953. The highest BCUT2D eigenvalue weighted by molar-refractivity contribution is 6.13. The Bertz CT molecular complexity index is 3050. The van der Waals surface area contributed by atoms with Gasteiger partial charge in [0.15, 0.2) is 0 Å². The third-order valence-electron chi connectivity index (χ3n) is 10.4. The summed E-state index contributed by atoms with van der Waals surface area (Å²) in [5, 5.41) is 37.6. The number of anilines is 3. The van der Waals surface area contributed by atoms with Crippen molar-refractivity contribution in [3.05, 3.63) is 191 Å². The van der Waals surface area contributed by atoms with Gasteiger partial charge in [-0.15, -0.1) is 0 Å². The van der Waals surface area contributed by atoms with E-state index in [4.69, 9.17) is 0 Å². The number of phenolic OH excluding ortho intramolecular Hbond substituents is 2. The average Bonchev–Trinajstić information content (AvgIpc) is 3.25. The van der Waals surface area contributed by atoms with E-state index in [1.54, 1.807) is 91.0 Å². The van der Waals surface area contributed by atoms with E-state index in [0.717, 1.165) is 21.9 Å². The lowest BCUT2D eigenvalue weighted by atomic mass is 9.88.